The lowest BCUT2D eigenvalue weighted by Gasteiger charge is -2.09. The highest BCUT2D eigenvalue weighted by molar-refractivity contribution is 5.99. The molecule has 0 aromatic heterocycles. The summed E-state index contributed by atoms with van der Waals surface area (Å²) in [6, 6.07) is 7.56. The van der Waals surface area contributed by atoms with Gasteiger partial charge in [0.1, 0.15) is 5.75 Å². The number of ether oxygens (including phenoxy) is 2. The lowest BCUT2D eigenvalue weighted by Crippen LogP contribution is -2.18. The van der Waals surface area contributed by atoms with E-state index in [0.717, 1.165) is 11.3 Å². The number of methoxy groups -OCH3 is 1. The number of hydrazone groups is 1. The van der Waals surface area contributed by atoms with Crippen molar-refractivity contribution in [3.05, 3.63) is 29.8 Å². The fourth-order valence-corrected chi connectivity index (χ4v) is 1.29. The van der Waals surface area contributed by atoms with E-state index in [1.54, 1.807) is 6.92 Å². The molecule has 0 bridgehead atoms. The first kappa shape index (κ1) is 15.0. The highest BCUT2D eigenvalue weighted by atomic mass is 16.5. The van der Waals surface area contributed by atoms with Gasteiger partial charge >= 0.3 is 6.09 Å². The van der Waals surface area contributed by atoms with Gasteiger partial charge in [-0.3, -0.25) is 0 Å². The number of nitrogens with zero attached hydrogens (tertiary/aromatic N) is 1. The van der Waals surface area contributed by atoms with E-state index in [2.05, 4.69) is 29.1 Å². The van der Waals surface area contributed by atoms with Crippen molar-refractivity contribution in [1.29, 1.82) is 0 Å². The lowest BCUT2D eigenvalue weighted by atomic mass is 10.1. The first-order chi connectivity index (χ1) is 9.02. The molecule has 104 valence electrons. The molecule has 1 N–H and O–H groups in total. The topological polar surface area (TPSA) is 59.9 Å². The van der Waals surface area contributed by atoms with Crippen LogP contribution in [-0.2, 0) is 4.74 Å². The van der Waals surface area contributed by atoms with E-state index in [1.807, 2.05) is 24.3 Å². The number of carbonyl (C=O) groups excluding carboxylic acids is 1. The Kier molecular flexibility index (Phi) is 5.85. The fraction of sp³-hybridized carbons (Fsp3) is 0.429. The second-order valence-electron chi connectivity index (χ2n) is 4.53. The Morgan fingerprint density at radius 3 is 2.47 bits per heavy atom. The van der Waals surface area contributed by atoms with Crippen molar-refractivity contribution < 1.29 is 14.3 Å². The van der Waals surface area contributed by atoms with E-state index in [-0.39, 0.29) is 0 Å². The van der Waals surface area contributed by atoms with Crippen molar-refractivity contribution in [3.63, 3.8) is 0 Å². The van der Waals surface area contributed by atoms with Crippen LogP contribution >= 0.6 is 0 Å². The van der Waals surface area contributed by atoms with E-state index < -0.39 is 6.09 Å². The second-order valence-corrected chi connectivity index (χ2v) is 4.53. The van der Waals surface area contributed by atoms with Gasteiger partial charge in [-0.25, -0.2) is 10.2 Å². The SMILES string of the molecule is COC(=O)N/N=C(/C)c1ccc(OCC(C)C)cc1. The summed E-state index contributed by atoms with van der Waals surface area (Å²) in [5.41, 5.74) is 3.89. The Labute approximate surface area is 113 Å². The monoisotopic (exact) mass is 264 g/mol. The highest BCUT2D eigenvalue weighted by Crippen LogP contribution is 2.13. The first-order valence-electron chi connectivity index (χ1n) is 6.14. The lowest BCUT2D eigenvalue weighted by molar-refractivity contribution is 0.171. The van der Waals surface area contributed by atoms with Crippen molar-refractivity contribution >= 4 is 11.8 Å². The summed E-state index contributed by atoms with van der Waals surface area (Å²) >= 11 is 0. The van der Waals surface area contributed by atoms with Crippen LogP contribution in [0.2, 0.25) is 0 Å². The molecule has 0 spiro atoms. The largest absolute Gasteiger partial charge is 0.493 e. The van der Waals surface area contributed by atoms with Crippen molar-refractivity contribution in [2.24, 2.45) is 11.0 Å². The zero-order chi connectivity index (χ0) is 14.3. The van der Waals surface area contributed by atoms with Gasteiger partial charge in [-0.1, -0.05) is 13.8 Å². The molecule has 0 aliphatic heterocycles. The molecule has 0 aliphatic rings. The molecular weight excluding hydrogens is 244 g/mol. The predicted octanol–water partition coefficient (Wildman–Crippen LogP) is 2.80. The molecule has 5 nitrogen and oxygen atoms in total. The highest BCUT2D eigenvalue weighted by Gasteiger charge is 2.01. The van der Waals surface area contributed by atoms with Crippen LogP contribution in [0.25, 0.3) is 0 Å². The Morgan fingerprint density at radius 1 is 1.32 bits per heavy atom. The number of benzene rings is 1. The molecule has 19 heavy (non-hydrogen) atoms. The van der Waals surface area contributed by atoms with Crippen LogP contribution in [0, 0.1) is 5.92 Å². The first-order valence-corrected chi connectivity index (χ1v) is 6.14. The van der Waals surface area contributed by atoms with Gasteiger partial charge < -0.3 is 9.47 Å². The smallest absolute Gasteiger partial charge is 0.427 e. The Morgan fingerprint density at radius 2 is 1.95 bits per heavy atom. The summed E-state index contributed by atoms with van der Waals surface area (Å²) < 4.78 is 10.0. The zero-order valence-electron chi connectivity index (χ0n) is 11.8. The minimum atomic E-state index is -0.587. The van der Waals surface area contributed by atoms with Gasteiger partial charge in [0.25, 0.3) is 0 Å². The van der Waals surface area contributed by atoms with Gasteiger partial charge in [-0.05, 0) is 42.7 Å². The van der Waals surface area contributed by atoms with Crippen LogP contribution in [0.5, 0.6) is 5.75 Å². The van der Waals surface area contributed by atoms with Crippen molar-refractivity contribution in [3.8, 4) is 5.75 Å². The molecule has 0 heterocycles. The van der Waals surface area contributed by atoms with Gasteiger partial charge in [0.2, 0.25) is 0 Å². The maximum atomic E-state index is 10.9. The third kappa shape index (κ3) is 5.42. The number of carbonyl (C=O) groups is 1. The Balaban J connectivity index is 2.62. The van der Waals surface area contributed by atoms with Gasteiger partial charge in [0.15, 0.2) is 0 Å². The van der Waals surface area contributed by atoms with Crippen LogP contribution in [0.1, 0.15) is 26.3 Å². The maximum Gasteiger partial charge on any atom is 0.427 e. The van der Waals surface area contributed by atoms with Gasteiger partial charge in [0.05, 0.1) is 19.4 Å². The molecule has 1 amide bonds. The Hall–Kier alpha value is -2.04. The summed E-state index contributed by atoms with van der Waals surface area (Å²) in [5.74, 6) is 1.32. The number of hydrogen-bond donors (Lipinski definition) is 1. The average Bonchev–Trinajstić information content (AvgIpc) is 2.42. The van der Waals surface area contributed by atoms with E-state index in [9.17, 15) is 4.79 Å². The second kappa shape index (κ2) is 7.41. The molecule has 5 heteroatoms. The summed E-state index contributed by atoms with van der Waals surface area (Å²) in [6.45, 7) is 6.70. The van der Waals surface area contributed by atoms with Crippen LogP contribution in [0.3, 0.4) is 0 Å². The normalized spacial score (nSPS) is 11.3. The van der Waals surface area contributed by atoms with E-state index in [1.165, 1.54) is 7.11 Å². The molecule has 0 fully saturated rings. The molecule has 1 aromatic rings. The van der Waals surface area contributed by atoms with Crippen molar-refractivity contribution in [2.75, 3.05) is 13.7 Å². The number of rotatable bonds is 5. The van der Waals surface area contributed by atoms with Gasteiger partial charge in [0, 0.05) is 0 Å². The number of hydrogen-bond acceptors (Lipinski definition) is 4. The molecule has 0 atom stereocenters. The standard InChI is InChI=1S/C14H20N2O3/c1-10(2)9-19-13-7-5-12(6-8-13)11(3)15-16-14(17)18-4/h5-8,10H,9H2,1-4H3,(H,16,17)/b15-11-. The van der Waals surface area contributed by atoms with E-state index >= 15 is 0 Å². The summed E-state index contributed by atoms with van der Waals surface area (Å²) in [5, 5.41) is 3.92. The van der Waals surface area contributed by atoms with E-state index in [0.29, 0.717) is 18.2 Å². The molecular formula is C14H20N2O3. The number of amides is 1. The molecule has 1 rings (SSSR count). The van der Waals surface area contributed by atoms with Crippen LogP contribution in [0.15, 0.2) is 29.4 Å². The predicted molar refractivity (Wildman–Crippen MR) is 74.5 cm³/mol. The van der Waals surface area contributed by atoms with Crippen LogP contribution in [0.4, 0.5) is 4.79 Å². The van der Waals surface area contributed by atoms with Crippen LogP contribution in [-0.4, -0.2) is 25.5 Å². The molecule has 0 aliphatic carbocycles. The third-order valence-electron chi connectivity index (χ3n) is 2.36. The summed E-state index contributed by atoms with van der Waals surface area (Å²) in [4.78, 5) is 10.9. The molecule has 0 saturated carbocycles. The molecule has 0 radical (unpaired) electrons. The summed E-state index contributed by atoms with van der Waals surface area (Å²) in [6.07, 6.45) is -0.587. The molecule has 0 unspecified atom stereocenters. The fourth-order valence-electron chi connectivity index (χ4n) is 1.29. The van der Waals surface area contributed by atoms with Gasteiger partial charge in [-0.15, -0.1) is 0 Å². The quantitative estimate of drug-likeness (QED) is 0.657. The van der Waals surface area contributed by atoms with Crippen molar-refractivity contribution in [1.82, 2.24) is 5.43 Å². The van der Waals surface area contributed by atoms with Crippen molar-refractivity contribution in [2.45, 2.75) is 20.8 Å². The third-order valence-corrected chi connectivity index (χ3v) is 2.36. The van der Waals surface area contributed by atoms with E-state index in [4.69, 9.17) is 4.74 Å². The maximum absolute atomic E-state index is 10.9. The average molecular weight is 264 g/mol. The minimum Gasteiger partial charge on any atom is -0.493 e. The minimum absolute atomic E-state index is 0.493. The molecule has 0 saturated heterocycles. The van der Waals surface area contributed by atoms with Crippen LogP contribution < -0.4 is 10.2 Å². The summed E-state index contributed by atoms with van der Waals surface area (Å²) in [7, 11) is 1.29. The number of nitrogens with one attached hydrogen (secondary N) is 1. The Bertz CT molecular complexity index is 439. The molecule has 1 aromatic carbocycles. The zero-order valence-corrected chi connectivity index (χ0v) is 11.8. The van der Waals surface area contributed by atoms with Gasteiger partial charge in [-0.2, -0.15) is 5.10 Å².